The molecular formula is C24H25ClN2O5S. The molecule has 0 bridgehead atoms. The van der Waals surface area contributed by atoms with Gasteiger partial charge in [-0.3, -0.25) is 9.10 Å². The van der Waals surface area contributed by atoms with Gasteiger partial charge in [-0.15, -0.1) is 0 Å². The van der Waals surface area contributed by atoms with Gasteiger partial charge in [0.1, 0.15) is 18.0 Å². The SMILES string of the molecule is COc1ccccc1CN(C)C(=O)CN(c1cc(Cl)ccc1OC)S(=O)(=O)c1ccccc1. The second-order valence-corrected chi connectivity index (χ2v) is 9.50. The predicted molar refractivity (Wildman–Crippen MR) is 128 cm³/mol. The number of methoxy groups -OCH3 is 2. The Kier molecular flexibility index (Phi) is 7.84. The van der Waals surface area contributed by atoms with Crippen molar-refractivity contribution in [3.63, 3.8) is 0 Å². The van der Waals surface area contributed by atoms with E-state index in [4.69, 9.17) is 21.1 Å². The monoisotopic (exact) mass is 488 g/mol. The van der Waals surface area contributed by atoms with E-state index in [2.05, 4.69) is 0 Å². The number of sulfonamides is 1. The van der Waals surface area contributed by atoms with Crippen molar-refractivity contribution in [3.8, 4) is 11.5 Å². The molecule has 0 spiro atoms. The predicted octanol–water partition coefficient (Wildman–Crippen LogP) is 4.21. The van der Waals surface area contributed by atoms with E-state index in [0.717, 1.165) is 9.87 Å². The molecule has 0 aromatic heterocycles. The molecule has 3 rings (SSSR count). The van der Waals surface area contributed by atoms with E-state index in [-0.39, 0.29) is 22.9 Å². The second kappa shape index (κ2) is 10.6. The number of ether oxygens (including phenoxy) is 2. The molecule has 0 radical (unpaired) electrons. The minimum absolute atomic E-state index is 0.0483. The number of benzene rings is 3. The van der Waals surface area contributed by atoms with Crippen molar-refractivity contribution in [1.82, 2.24) is 4.90 Å². The Labute approximate surface area is 199 Å². The van der Waals surface area contributed by atoms with Gasteiger partial charge in [0.25, 0.3) is 10.0 Å². The molecule has 1 amide bonds. The minimum Gasteiger partial charge on any atom is -0.496 e. The Hall–Kier alpha value is -3.23. The molecule has 3 aromatic rings. The Morgan fingerprint density at radius 1 is 0.909 bits per heavy atom. The highest BCUT2D eigenvalue weighted by atomic mass is 35.5. The van der Waals surface area contributed by atoms with E-state index >= 15 is 0 Å². The minimum atomic E-state index is -4.10. The van der Waals surface area contributed by atoms with Crippen LogP contribution in [0.2, 0.25) is 5.02 Å². The fourth-order valence-electron chi connectivity index (χ4n) is 3.30. The van der Waals surface area contributed by atoms with Crippen LogP contribution in [0.15, 0.2) is 77.7 Å². The lowest BCUT2D eigenvalue weighted by molar-refractivity contribution is -0.128. The first-order valence-corrected chi connectivity index (χ1v) is 11.9. The van der Waals surface area contributed by atoms with Crippen molar-refractivity contribution in [2.75, 3.05) is 32.1 Å². The van der Waals surface area contributed by atoms with Crippen LogP contribution in [0.3, 0.4) is 0 Å². The van der Waals surface area contributed by atoms with Gasteiger partial charge in [0.15, 0.2) is 0 Å². The number of amides is 1. The number of anilines is 1. The number of hydrogen-bond acceptors (Lipinski definition) is 5. The van der Waals surface area contributed by atoms with Crippen molar-refractivity contribution in [2.45, 2.75) is 11.4 Å². The van der Waals surface area contributed by atoms with Crippen LogP contribution in [0.4, 0.5) is 5.69 Å². The summed E-state index contributed by atoms with van der Waals surface area (Å²) in [4.78, 5) is 14.7. The number of nitrogens with zero attached hydrogens (tertiary/aromatic N) is 2. The highest BCUT2D eigenvalue weighted by molar-refractivity contribution is 7.92. The van der Waals surface area contributed by atoms with E-state index < -0.39 is 22.5 Å². The van der Waals surface area contributed by atoms with Gasteiger partial charge >= 0.3 is 0 Å². The smallest absolute Gasteiger partial charge is 0.264 e. The number of hydrogen-bond donors (Lipinski definition) is 0. The number of rotatable bonds is 9. The van der Waals surface area contributed by atoms with Crippen LogP contribution in [-0.2, 0) is 21.4 Å². The summed E-state index contributed by atoms with van der Waals surface area (Å²) in [6, 6.07) is 19.9. The Morgan fingerprint density at radius 3 is 2.21 bits per heavy atom. The maximum atomic E-state index is 13.6. The lowest BCUT2D eigenvalue weighted by Gasteiger charge is -2.28. The van der Waals surface area contributed by atoms with Gasteiger partial charge in [-0.25, -0.2) is 8.42 Å². The van der Waals surface area contributed by atoms with Gasteiger partial charge in [0.05, 0.1) is 24.8 Å². The molecule has 0 saturated carbocycles. The second-order valence-electron chi connectivity index (χ2n) is 7.20. The Balaban J connectivity index is 1.98. The summed E-state index contributed by atoms with van der Waals surface area (Å²) < 4.78 is 38.9. The molecule has 33 heavy (non-hydrogen) atoms. The summed E-state index contributed by atoms with van der Waals surface area (Å²) in [6.07, 6.45) is 0. The molecule has 0 aliphatic rings. The molecular weight excluding hydrogens is 464 g/mol. The third-order valence-corrected chi connectivity index (χ3v) is 7.05. The fourth-order valence-corrected chi connectivity index (χ4v) is 4.90. The van der Waals surface area contributed by atoms with Crippen molar-refractivity contribution >= 4 is 33.2 Å². The summed E-state index contributed by atoms with van der Waals surface area (Å²) in [7, 11) is 0.495. The molecule has 0 heterocycles. The number of carbonyl (C=O) groups is 1. The molecule has 0 fully saturated rings. The lowest BCUT2D eigenvalue weighted by atomic mass is 10.2. The largest absolute Gasteiger partial charge is 0.496 e. The summed E-state index contributed by atoms with van der Waals surface area (Å²) >= 11 is 6.17. The van der Waals surface area contributed by atoms with E-state index in [1.54, 1.807) is 50.6 Å². The average Bonchev–Trinajstić information content (AvgIpc) is 2.83. The summed E-state index contributed by atoms with van der Waals surface area (Å²) in [5, 5.41) is 0.314. The molecule has 0 N–H and O–H groups in total. The number of halogens is 1. The maximum Gasteiger partial charge on any atom is 0.264 e. The van der Waals surface area contributed by atoms with Crippen LogP contribution in [-0.4, -0.2) is 47.0 Å². The van der Waals surface area contributed by atoms with Crippen LogP contribution >= 0.6 is 11.6 Å². The van der Waals surface area contributed by atoms with Crippen LogP contribution < -0.4 is 13.8 Å². The van der Waals surface area contributed by atoms with Crippen molar-refractivity contribution in [3.05, 3.63) is 83.4 Å². The van der Waals surface area contributed by atoms with E-state index in [1.165, 1.54) is 30.2 Å². The topological polar surface area (TPSA) is 76.2 Å². The van der Waals surface area contributed by atoms with Crippen LogP contribution in [0.5, 0.6) is 11.5 Å². The Bertz CT molecular complexity index is 1220. The molecule has 0 saturated heterocycles. The first kappa shape index (κ1) is 24.4. The standard InChI is InChI=1S/C24H25ClN2O5S/c1-26(16-18-9-7-8-12-22(18)31-2)24(28)17-27(21-15-19(25)13-14-23(21)32-3)33(29,30)20-10-5-4-6-11-20/h4-15H,16-17H2,1-3H3. The fraction of sp³-hybridized carbons (Fsp3) is 0.208. The molecule has 7 nitrogen and oxygen atoms in total. The molecule has 174 valence electrons. The van der Waals surface area contributed by atoms with Gasteiger partial charge in [0, 0.05) is 24.2 Å². The van der Waals surface area contributed by atoms with E-state index in [1.807, 2.05) is 18.2 Å². The summed E-state index contributed by atoms with van der Waals surface area (Å²) in [6.45, 7) is -0.200. The third-order valence-electron chi connectivity index (χ3n) is 5.05. The summed E-state index contributed by atoms with van der Waals surface area (Å²) in [5.41, 5.74) is 0.974. The van der Waals surface area contributed by atoms with E-state index in [9.17, 15) is 13.2 Å². The quantitative estimate of drug-likeness (QED) is 0.451. The zero-order valence-corrected chi connectivity index (χ0v) is 20.1. The molecule has 0 aliphatic carbocycles. The first-order chi connectivity index (χ1) is 15.8. The van der Waals surface area contributed by atoms with Crippen LogP contribution in [0.1, 0.15) is 5.56 Å². The molecule has 0 unspecified atom stereocenters. The number of carbonyl (C=O) groups excluding carboxylic acids is 1. The summed E-state index contributed by atoms with van der Waals surface area (Å²) in [5.74, 6) is 0.504. The van der Waals surface area contributed by atoms with Gasteiger partial charge in [0.2, 0.25) is 5.91 Å². The zero-order chi connectivity index (χ0) is 24.0. The zero-order valence-electron chi connectivity index (χ0n) is 18.6. The van der Waals surface area contributed by atoms with Crippen molar-refractivity contribution in [1.29, 1.82) is 0 Å². The van der Waals surface area contributed by atoms with Gasteiger partial charge in [-0.2, -0.15) is 0 Å². The number of para-hydroxylation sites is 1. The van der Waals surface area contributed by atoms with Crippen molar-refractivity contribution < 1.29 is 22.7 Å². The molecule has 3 aromatic carbocycles. The maximum absolute atomic E-state index is 13.6. The van der Waals surface area contributed by atoms with Gasteiger partial charge < -0.3 is 14.4 Å². The highest BCUT2D eigenvalue weighted by Gasteiger charge is 2.30. The average molecular weight is 489 g/mol. The van der Waals surface area contributed by atoms with Crippen LogP contribution in [0.25, 0.3) is 0 Å². The van der Waals surface area contributed by atoms with Crippen molar-refractivity contribution in [2.24, 2.45) is 0 Å². The number of likely N-dealkylation sites (N-methyl/N-ethyl adjacent to an activating group) is 1. The normalized spacial score (nSPS) is 11.0. The van der Waals surface area contributed by atoms with E-state index in [0.29, 0.717) is 10.8 Å². The van der Waals surface area contributed by atoms with Gasteiger partial charge in [-0.05, 0) is 36.4 Å². The lowest BCUT2D eigenvalue weighted by Crippen LogP contribution is -2.41. The van der Waals surface area contributed by atoms with Crippen LogP contribution in [0, 0.1) is 0 Å². The Morgan fingerprint density at radius 2 is 1.55 bits per heavy atom. The highest BCUT2D eigenvalue weighted by Crippen LogP contribution is 2.35. The first-order valence-electron chi connectivity index (χ1n) is 10.0. The molecule has 9 heteroatoms. The van der Waals surface area contributed by atoms with Gasteiger partial charge in [-0.1, -0.05) is 48.0 Å². The molecule has 0 aliphatic heterocycles. The third kappa shape index (κ3) is 5.58. The molecule has 0 atom stereocenters.